The van der Waals surface area contributed by atoms with Gasteiger partial charge in [-0.05, 0) is 62.6 Å². The lowest BCUT2D eigenvalue weighted by molar-refractivity contribution is 0.0286. The Bertz CT molecular complexity index is 1200. The standard InChI is InChI=1S/C24H33FN2O7S/c1-2-24(30,18-8-9-20(25)21(16-18)34-19-6-3-4-7-19)11-15-35(31,32)14-5-13-33-17-27-12-10-22(28)26-23(27)29/h8-10,12,16,19,30H,2-7,11,13-15,17H2,1H3,(H,26,28,29)/t24-/m1/s1. The van der Waals surface area contributed by atoms with E-state index in [0.717, 1.165) is 30.3 Å². The van der Waals surface area contributed by atoms with E-state index in [4.69, 9.17) is 9.47 Å². The highest BCUT2D eigenvalue weighted by Crippen LogP contribution is 2.34. The third kappa shape index (κ3) is 7.74. The van der Waals surface area contributed by atoms with Crippen LogP contribution in [0.2, 0.25) is 0 Å². The third-order valence-corrected chi connectivity index (χ3v) is 8.08. The molecule has 0 spiro atoms. The zero-order valence-corrected chi connectivity index (χ0v) is 20.7. The lowest BCUT2D eigenvalue weighted by Crippen LogP contribution is -2.30. The van der Waals surface area contributed by atoms with Gasteiger partial charge in [0.25, 0.3) is 5.56 Å². The number of rotatable bonds is 13. The summed E-state index contributed by atoms with van der Waals surface area (Å²) in [5.74, 6) is -0.807. The molecule has 1 aromatic carbocycles. The molecule has 0 radical (unpaired) electrons. The topological polar surface area (TPSA) is 128 Å². The van der Waals surface area contributed by atoms with Crippen molar-refractivity contribution in [1.82, 2.24) is 9.55 Å². The summed E-state index contributed by atoms with van der Waals surface area (Å²) in [6.45, 7) is 1.74. The van der Waals surface area contributed by atoms with Gasteiger partial charge < -0.3 is 14.6 Å². The quantitative estimate of drug-likeness (QED) is 0.395. The normalized spacial score (nSPS) is 16.3. The van der Waals surface area contributed by atoms with Crippen LogP contribution in [0.5, 0.6) is 5.75 Å². The summed E-state index contributed by atoms with van der Waals surface area (Å²) in [4.78, 5) is 24.8. The summed E-state index contributed by atoms with van der Waals surface area (Å²) in [5, 5.41) is 11.2. The molecule has 0 aliphatic heterocycles. The molecule has 1 heterocycles. The van der Waals surface area contributed by atoms with Crippen molar-refractivity contribution in [3.05, 3.63) is 62.7 Å². The first-order valence-corrected chi connectivity index (χ1v) is 13.7. The molecule has 1 saturated carbocycles. The third-order valence-electron chi connectivity index (χ3n) is 6.35. The molecule has 0 saturated heterocycles. The maximum atomic E-state index is 14.3. The Morgan fingerprint density at radius 3 is 2.63 bits per heavy atom. The number of nitrogens with one attached hydrogen (secondary N) is 1. The highest BCUT2D eigenvalue weighted by Gasteiger charge is 2.31. The van der Waals surface area contributed by atoms with E-state index in [1.54, 1.807) is 6.92 Å². The van der Waals surface area contributed by atoms with Crippen molar-refractivity contribution in [3.63, 3.8) is 0 Å². The number of ether oxygens (including phenoxy) is 2. The molecule has 1 fully saturated rings. The predicted molar refractivity (Wildman–Crippen MR) is 129 cm³/mol. The van der Waals surface area contributed by atoms with Gasteiger partial charge >= 0.3 is 5.69 Å². The van der Waals surface area contributed by atoms with E-state index in [9.17, 15) is 27.5 Å². The van der Waals surface area contributed by atoms with Crippen LogP contribution in [-0.2, 0) is 26.9 Å². The molecule has 1 atom stereocenters. The van der Waals surface area contributed by atoms with E-state index >= 15 is 0 Å². The summed E-state index contributed by atoms with van der Waals surface area (Å²) in [6.07, 6.45) is 5.50. The molecule has 11 heteroatoms. The maximum Gasteiger partial charge on any atom is 0.330 e. The van der Waals surface area contributed by atoms with Crippen LogP contribution in [-0.4, -0.2) is 47.3 Å². The molecule has 35 heavy (non-hydrogen) atoms. The second-order valence-electron chi connectivity index (χ2n) is 8.93. The van der Waals surface area contributed by atoms with E-state index < -0.39 is 32.5 Å². The molecule has 0 unspecified atom stereocenters. The highest BCUT2D eigenvalue weighted by molar-refractivity contribution is 7.91. The van der Waals surface area contributed by atoms with Gasteiger partial charge in [0.15, 0.2) is 21.4 Å². The zero-order chi connectivity index (χ0) is 25.5. The van der Waals surface area contributed by atoms with E-state index in [-0.39, 0.29) is 56.0 Å². The number of aliphatic hydroxyl groups is 1. The first-order valence-electron chi connectivity index (χ1n) is 11.9. The van der Waals surface area contributed by atoms with Gasteiger partial charge in [0.1, 0.15) is 6.73 Å². The Labute approximate surface area is 203 Å². The van der Waals surface area contributed by atoms with Crippen LogP contribution in [0.1, 0.15) is 57.4 Å². The van der Waals surface area contributed by atoms with Crippen molar-refractivity contribution in [2.75, 3.05) is 18.1 Å². The second kappa shape index (κ2) is 12.0. The van der Waals surface area contributed by atoms with Crippen molar-refractivity contribution in [2.24, 2.45) is 0 Å². The molecular formula is C24H33FN2O7S. The van der Waals surface area contributed by atoms with Crippen molar-refractivity contribution in [2.45, 2.75) is 70.3 Å². The molecule has 3 rings (SSSR count). The minimum atomic E-state index is -3.49. The molecule has 1 aliphatic rings. The second-order valence-corrected chi connectivity index (χ2v) is 11.2. The Morgan fingerprint density at radius 2 is 1.94 bits per heavy atom. The van der Waals surface area contributed by atoms with E-state index in [1.165, 1.54) is 30.5 Å². The molecule has 1 aliphatic carbocycles. The highest BCUT2D eigenvalue weighted by atomic mass is 32.2. The molecule has 1 aromatic heterocycles. The Balaban J connectivity index is 1.52. The summed E-state index contributed by atoms with van der Waals surface area (Å²) < 4.78 is 51.7. The first kappa shape index (κ1) is 27.1. The van der Waals surface area contributed by atoms with E-state index in [0.29, 0.717) is 5.56 Å². The molecule has 0 amide bonds. The van der Waals surface area contributed by atoms with Crippen LogP contribution in [0, 0.1) is 5.82 Å². The smallest absolute Gasteiger partial charge is 0.330 e. The summed E-state index contributed by atoms with van der Waals surface area (Å²) in [7, 11) is -3.49. The number of aromatic amines is 1. The van der Waals surface area contributed by atoms with Gasteiger partial charge in [0.05, 0.1) is 23.2 Å². The maximum absolute atomic E-state index is 14.3. The molecule has 9 nitrogen and oxygen atoms in total. The van der Waals surface area contributed by atoms with E-state index in [2.05, 4.69) is 4.98 Å². The zero-order valence-electron chi connectivity index (χ0n) is 19.9. The average Bonchev–Trinajstić information content (AvgIpc) is 3.33. The van der Waals surface area contributed by atoms with Crippen LogP contribution < -0.4 is 16.0 Å². The monoisotopic (exact) mass is 512 g/mol. The van der Waals surface area contributed by atoms with Gasteiger partial charge in [-0.25, -0.2) is 17.6 Å². The predicted octanol–water partition coefficient (Wildman–Crippen LogP) is 2.46. The molecular weight excluding hydrogens is 479 g/mol. The van der Waals surface area contributed by atoms with Crippen LogP contribution in [0.25, 0.3) is 0 Å². The first-order chi connectivity index (χ1) is 16.6. The van der Waals surface area contributed by atoms with Crippen molar-refractivity contribution >= 4 is 9.84 Å². The fourth-order valence-electron chi connectivity index (χ4n) is 4.11. The van der Waals surface area contributed by atoms with Gasteiger partial charge in [0, 0.05) is 18.9 Å². The van der Waals surface area contributed by atoms with Gasteiger partial charge in [-0.2, -0.15) is 0 Å². The van der Waals surface area contributed by atoms with Gasteiger partial charge in [-0.3, -0.25) is 14.3 Å². The minimum absolute atomic E-state index is 0.0338. The molecule has 194 valence electrons. The van der Waals surface area contributed by atoms with Gasteiger partial charge in [-0.1, -0.05) is 13.0 Å². The fourth-order valence-corrected chi connectivity index (χ4v) is 5.52. The average molecular weight is 513 g/mol. The number of halogens is 1. The number of nitrogens with zero attached hydrogens (tertiary/aromatic N) is 1. The number of H-pyrrole nitrogens is 1. The lowest BCUT2D eigenvalue weighted by atomic mass is 9.88. The Hall–Kier alpha value is -2.50. The SMILES string of the molecule is CC[C@@](O)(CCS(=O)(=O)CCCOCn1ccc(=O)[nH]c1=O)c1ccc(F)c(OC2CCCC2)c1. The number of benzene rings is 1. The van der Waals surface area contributed by atoms with Gasteiger partial charge in [-0.15, -0.1) is 0 Å². The van der Waals surface area contributed by atoms with Crippen molar-refractivity contribution in [1.29, 1.82) is 0 Å². The Morgan fingerprint density at radius 1 is 1.20 bits per heavy atom. The van der Waals surface area contributed by atoms with Crippen LogP contribution in [0.15, 0.2) is 40.1 Å². The van der Waals surface area contributed by atoms with E-state index in [1.807, 2.05) is 0 Å². The Kier molecular flexibility index (Phi) is 9.26. The summed E-state index contributed by atoms with van der Waals surface area (Å²) in [5.41, 5.74) is -2.13. The number of hydrogen-bond acceptors (Lipinski definition) is 7. The van der Waals surface area contributed by atoms with Crippen molar-refractivity contribution < 1.29 is 27.4 Å². The summed E-state index contributed by atoms with van der Waals surface area (Å²) in [6, 6.07) is 5.39. The van der Waals surface area contributed by atoms with Crippen molar-refractivity contribution in [3.8, 4) is 5.75 Å². The summed E-state index contributed by atoms with van der Waals surface area (Å²) >= 11 is 0. The number of hydrogen-bond donors (Lipinski definition) is 2. The number of sulfone groups is 1. The molecule has 2 N–H and O–H groups in total. The van der Waals surface area contributed by atoms with Crippen LogP contribution in [0.3, 0.4) is 0 Å². The largest absolute Gasteiger partial charge is 0.487 e. The van der Waals surface area contributed by atoms with Crippen LogP contribution >= 0.6 is 0 Å². The van der Waals surface area contributed by atoms with Crippen LogP contribution in [0.4, 0.5) is 4.39 Å². The van der Waals surface area contributed by atoms with Gasteiger partial charge in [0.2, 0.25) is 0 Å². The minimum Gasteiger partial charge on any atom is -0.487 e. The number of aromatic nitrogens is 2. The fraction of sp³-hybridized carbons (Fsp3) is 0.583. The molecule has 0 bridgehead atoms. The lowest BCUT2D eigenvalue weighted by Gasteiger charge is -2.28. The molecule has 2 aromatic rings.